The fourth-order valence-corrected chi connectivity index (χ4v) is 2.31. The third-order valence-electron chi connectivity index (χ3n) is 3.25. The van der Waals surface area contributed by atoms with E-state index in [0.717, 1.165) is 25.8 Å². The summed E-state index contributed by atoms with van der Waals surface area (Å²) in [6, 6.07) is 6.90. The quantitative estimate of drug-likeness (QED) is 0.746. The lowest BCUT2D eigenvalue weighted by Crippen LogP contribution is -2.14. The molecule has 0 amide bonds. The molecule has 0 radical (unpaired) electrons. The van der Waals surface area contributed by atoms with Crippen LogP contribution < -0.4 is 5.32 Å². The van der Waals surface area contributed by atoms with Gasteiger partial charge in [-0.1, -0.05) is 12.1 Å². The van der Waals surface area contributed by atoms with E-state index in [0.29, 0.717) is 17.2 Å². The zero-order valence-electron chi connectivity index (χ0n) is 9.60. The Balaban J connectivity index is 1.97. The number of carboxylic acids is 1. The number of rotatable bonds is 4. The van der Waals surface area contributed by atoms with Gasteiger partial charge in [-0.15, -0.1) is 0 Å². The molecule has 92 valence electrons. The van der Waals surface area contributed by atoms with E-state index in [9.17, 15) is 9.90 Å². The Kier molecular flexibility index (Phi) is 3.64. The number of anilines is 1. The number of aliphatic hydroxyl groups is 1. The fraction of sp³-hybridized carbons (Fsp3) is 0.462. The number of benzene rings is 1. The van der Waals surface area contributed by atoms with Crippen molar-refractivity contribution in [3.8, 4) is 0 Å². The summed E-state index contributed by atoms with van der Waals surface area (Å²) in [4.78, 5) is 11.0. The summed E-state index contributed by atoms with van der Waals surface area (Å²) in [5.41, 5.74) is 0.951. The SMILES string of the molecule is O=C(O)c1ccccc1NCC1CCC(O)C1. The smallest absolute Gasteiger partial charge is 0.337 e. The van der Waals surface area contributed by atoms with Crippen LogP contribution in [-0.4, -0.2) is 28.8 Å². The van der Waals surface area contributed by atoms with Gasteiger partial charge in [0.15, 0.2) is 0 Å². The molecule has 4 nitrogen and oxygen atoms in total. The minimum atomic E-state index is -0.917. The van der Waals surface area contributed by atoms with E-state index in [2.05, 4.69) is 5.32 Å². The van der Waals surface area contributed by atoms with Crippen molar-refractivity contribution in [2.24, 2.45) is 5.92 Å². The van der Waals surface area contributed by atoms with Gasteiger partial charge in [-0.25, -0.2) is 4.79 Å². The Morgan fingerprint density at radius 3 is 2.76 bits per heavy atom. The van der Waals surface area contributed by atoms with Crippen LogP contribution in [0.3, 0.4) is 0 Å². The average molecular weight is 235 g/mol. The van der Waals surface area contributed by atoms with Gasteiger partial charge >= 0.3 is 5.97 Å². The molecular formula is C13H17NO3. The van der Waals surface area contributed by atoms with Gasteiger partial charge in [0.05, 0.1) is 11.7 Å². The molecule has 1 aliphatic carbocycles. The summed E-state index contributed by atoms with van der Waals surface area (Å²) in [6.45, 7) is 0.724. The normalized spacial score (nSPS) is 23.6. The van der Waals surface area contributed by atoms with Gasteiger partial charge in [-0.2, -0.15) is 0 Å². The van der Waals surface area contributed by atoms with Crippen molar-refractivity contribution in [1.29, 1.82) is 0 Å². The van der Waals surface area contributed by atoms with Crippen LogP contribution in [0, 0.1) is 5.92 Å². The first-order valence-corrected chi connectivity index (χ1v) is 5.91. The van der Waals surface area contributed by atoms with E-state index in [1.54, 1.807) is 18.2 Å². The molecule has 0 heterocycles. The third-order valence-corrected chi connectivity index (χ3v) is 3.25. The van der Waals surface area contributed by atoms with Crippen LogP contribution in [0.1, 0.15) is 29.6 Å². The summed E-state index contributed by atoms with van der Waals surface area (Å²) in [5, 5.41) is 21.6. The molecule has 2 atom stereocenters. The standard InChI is InChI=1S/C13H17NO3/c15-10-6-5-9(7-10)8-14-12-4-2-1-3-11(12)13(16)17/h1-4,9-10,14-15H,5-8H2,(H,16,17). The van der Waals surface area contributed by atoms with E-state index < -0.39 is 5.97 Å². The predicted octanol–water partition coefficient (Wildman–Crippen LogP) is 1.96. The molecule has 2 unspecified atom stereocenters. The maximum absolute atomic E-state index is 11.0. The van der Waals surface area contributed by atoms with Crippen LogP contribution in [0.4, 0.5) is 5.69 Å². The number of para-hydroxylation sites is 1. The molecule has 1 fully saturated rings. The largest absolute Gasteiger partial charge is 0.478 e. The number of hydrogen-bond acceptors (Lipinski definition) is 3. The number of carbonyl (C=O) groups is 1. The van der Waals surface area contributed by atoms with E-state index in [1.165, 1.54) is 0 Å². The summed E-state index contributed by atoms with van der Waals surface area (Å²) >= 11 is 0. The Bertz CT molecular complexity index is 405. The Labute approximate surface area is 100 Å². The second-order valence-electron chi connectivity index (χ2n) is 4.56. The molecule has 0 saturated heterocycles. The Hall–Kier alpha value is -1.55. The maximum atomic E-state index is 11.0. The van der Waals surface area contributed by atoms with Crippen molar-refractivity contribution in [2.45, 2.75) is 25.4 Å². The minimum absolute atomic E-state index is 0.184. The number of hydrogen-bond donors (Lipinski definition) is 3. The maximum Gasteiger partial charge on any atom is 0.337 e. The van der Waals surface area contributed by atoms with Crippen LogP contribution >= 0.6 is 0 Å². The van der Waals surface area contributed by atoms with Crippen LogP contribution in [0.15, 0.2) is 24.3 Å². The first kappa shape index (κ1) is 11.9. The molecule has 2 rings (SSSR count). The average Bonchev–Trinajstić information content (AvgIpc) is 2.73. The van der Waals surface area contributed by atoms with Gasteiger partial charge in [-0.3, -0.25) is 0 Å². The zero-order chi connectivity index (χ0) is 12.3. The number of aromatic carboxylic acids is 1. The van der Waals surface area contributed by atoms with E-state index in [4.69, 9.17) is 5.11 Å². The highest BCUT2D eigenvalue weighted by Crippen LogP contribution is 2.26. The first-order chi connectivity index (χ1) is 8.16. The van der Waals surface area contributed by atoms with Crippen molar-refractivity contribution in [3.05, 3.63) is 29.8 Å². The molecular weight excluding hydrogens is 218 g/mol. The molecule has 1 aliphatic rings. The number of nitrogens with one attached hydrogen (secondary N) is 1. The second-order valence-corrected chi connectivity index (χ2v) is 4.56. The highest BCUT2D eigenvalue weighted by Gasteiger charge is 2.22. The highest BCUT2D eigenvalue weighted by atomic mass is 16.4. The van der Waals surface area contributed by atoms with Crippen molar-refractivity contribution in [3.63, 3.8) is 0 Å². The molecule has 17 heavy (non-hydrogen) atoms. The topological polar surface area (TPSA) is 69.6 Å². The first-order valence-electron chi connectivity index (χ1n) is 5.91. The van der Waals surface area contributed by atoms with Crippen molar-refractivity contribution in [2.75, 3.05) is 11.9 Å². The van der Waals surface area contributed by atoms with Gasteiger partial charge < -0.3 is 15.5 Å². The van der Waals surface area contributed by atoms with Crippen LogP contribution in [-0.2, 0) is 0 Å². The molecule has 1 saturated carbocycles. The van der Waals surface area contributed by atoms with Crippen molar-refractivity contribution < 1.29 is 15.0 Å². The lowest BCUT2D eigenvalue weighted by atomic mass is 10.1. The van der Waals surface area contributed by atoms with Gasteiger partial charge in [0.1, 0.15) is 0 Å². The summed E-state index contributed by atoms with van der Waals surface area (Å²) in [7, 11) is 0. The van der Waals surface area contributed by atoms with Gasteiger partial charge in [0.25, 0.3) is 0 Å². The summed E-state index contributed by atoms with van der Waals surface area (Å²) in [5.74, 6) is -0.480. The molecule has 1 aromatic carbocycles. The molecule has 0 spiro atoms. The Morgan fingerprint density at radius 1 is 1.35 bits per heavy atom. The number of carboxylic acid groups (broad SMARTS) is 1. The molecule has 3 N–H and O–H groups in total. The molecule has 4 heteroatoms. The predicted molar refractivity (Wildman–Crippen MR) is 65.2 cm³/mol. The monoisotopic (exact) mass is 235 g/mol. The van der Waals surface area contributed by atoms with Crippen LogP contribution in [0.2, 0.25) is 0 Å². The summed E-state index contributed by atoms with van der Waals surface area (Å²) in [6.07, 6.45) is 2.48. The van der Waals surface area contributed by atoms with E-state index in [1.807, 2.05) is 6.07 Å². The van der Waals surface area contributed by atoms with Gasteiger partial charge in [0.2, 0.25) is 0 Å². The Morgan fingerprint density at radius 2 is 2.12 bits per heavy atom. The zero-order valence-corrected chi connectivity index (χ0v) is 9.60. The van der Waals surface area contributed by atoms with Gasteiger partial charge in [0, 0.05) is 12.2 Å². The molecule has 0 aromatic heterocycles. The lowest BCUT2D eigenvalue weighted by Gasteiger charge is -2.13. The molecule has 0 aliphatic heterocycles. The van der Waals surface area contributed by atoms with E-state index >= 15 is 0 Å². The van der Waals surface area contributed by atoms with Crippen LogP contribution in [0.25, 0.3) is 0 Å². The molecule has 1 aromatic rings. The fourth-order valence-electron chi connectivity index (χ4n) is 2.31. The second kappa shape index (κ2) is 5.19. The third kappa shape index (κ3) is 2.97. The summed E-state index contributed by atoms with van der Waals surface area (Å²) < 4.78 is 0. The highest BCUT2D eigenvalue weighted by molar-refractivity contribution is 5.94. The van der Waals surface area contributed by atoms with E-state index in [-0.39, 0.29) is 6.10 Å². The van der Waals surface area contributed by atoms with Crippen LogP contribution in [0.5, 0.6) is 0 Å². The number of aliphatic hydroxyl groups excluding tert-OH is 1. The van der Waals surface area contributed by atoms with Crippen molar-refractivity contribution in [1.82, 2.24) is 0 Å². The van der Waals surface area contributed by atoms with Crippen molar-refractivity contribution >= 4 is 11.7 Å². The lowest BCUT2D eigenvalue weighted by molar-refractivity contribution is 0.0698. The molecule has 0 bridgehead atoms. The van der Waals surface area contributed by atoms with Gasteiger partial charge in [-0.05, 0) is 37.3 Å². The minimum Gasteiger partial charge on any atom is -0.478 e.